The van der Waals surface area contributed by atoms with Crippen molar-refractivity contribution in [3.63, 3.8) is 0 Å². The van der Waals surface area contributed by atoms with Gasteiger partial charge in [-0.15, -0.1) is 0 Å². The van der Waals surface area contributed by atoms with Gasteiger partial charge in [0.15, 0.2) is 5.15 Å². The summed E-state index contributed by atoms with van der Waals surface area (Å²) < 4.78 is 23.3. The third-order valence-electron chi connectivity index (χ3n) is 3.39. The number of carbonyl (C=O) groups is 1. The first-order chi connectivity index (χ1) is 11.5. The largest absolute Gasteiger partial charge is 0.423 e. The van der Waals surface area contributed by atoms with Crippen molar-refractivity contribution in [1.82, 2.24) is 10.5 Å². The van der Waals surface area contributed by atoms with E-state index in [1.54, 1.807) is 0 Å². The van der Waals surface area contributed by atoms with Crippen molar-refractivity contribution in [1.29, 1.82) is 0 Å². The Hall–Kier alpha value is -2.67. The molecule has 3 rings (SSSR count). The van der Waals surface area contributed by atoms with Crippen LogP contribution in [0.5, 0.6) is 0 Å². The quantitative estimate of drug-likeness (QED) is 0.715. The van der Waals surface area contributed by atoms with Crippen molar-refractivity contribution in [2.45, 2.75) is 19.4 Å². The molecular formula is C16H12ClFN2O4. The number of halogens is 2. The molecule has 124 valence electrons. The molecule has 2 heterocycles. The van der Waals surface area contributed by atoms with Crippen LogP contribution in [-0.2, 0) is 17.8 Å². The zero-order valence-corrected chi connectivity index (χ0v) is 13.1. The second-order valence-corrected chi connectivity index (χ2v) is 5.51. The minimum absolute atomic E-state index is 0.0849. The zero-order valence-electron chi connectivity index (χ0n) is 12.3. The van der Waals surface area contributed by atoms with Crippen LogP contribution in [0.2, 0.25) is 5.15 Å². The fourth-order valence-corrected chi connectivity index (χ4v) is 2.43. The lowest BCUT2D eigenvalue weighted by atomic mass is 10.1. The monoisotopic (exact) mass is 350 g/mol. The van der Waals surface area contributed by atoms with Gasteiger partial charge in [0.1, 0.15) is 17.2 Å². The fourth-order valence-electron chi connectivity index (χ4n) is 2.27. The van der Waals surface area contributed by atoms with E-state index in [-0.39, 0.29) is 29.6 Å². The molecule has 0 fully saturated rings. The Balaban J connectivity index is 1.67. The van der Waals surface area contributed by atoms with Crippen LogP contribution in [0.4, 0.5) is 4.39 Å². The first-order valence-corrected chi connectivity index (χ1v) is 7.49. The van der Waals surface area contributed by atoms with E-state index in [0.29, 0.717) is 23.1 Å². The fraction of sp³-hybridized carbons (Fsp3) is 0.188. The van der Waals surface area contributed by atoms with E-state index < -0.39 is 11.4 Å². The molecule has 3 aromatic rings. The smallest absolute Gasteiger partial charge is 0.336 e. The summed E-state index contributed by atoms with van der Waals surface area (Å²) >= 11 is 5.63. The lowest BCUT2D eigenvalue weighted by molar-refractivity contribution is -0.121. The van der Waals surface area contributed by atoms with E-state index in [0.717, 1.165) is 0 Å². The third kappa shape index (κ3) is 3.80. The number of carbonyl (C=O) groups excluding carboxylic acids is 1. The number of aryl methyl sites for hydroxylation is 1. The summed E-state index contributed by atoms with van der Waals surface area (Å²) in [6.45, 7) is 0.0849. The van der Waals surface area contributed by atoms with Crippen LogP contribution in [0.25, 0.3) is 11.0 Å². The van der Waals surface area contributed by atoms with Crippen molar-refractivity contribution in [2.75, 3.05) is 0 Å². The summed E-state index contributed by atoms with van der Waals surface area (Å²) in [5, 5.41) is 6.87. The van der Waals surface area contributed by atoms with E-state index in [1.807, 2.05) is 0 Å². The van der Waals surface area contributed by atoms with Crippen LogP contribution < -0.4 is 10.9 Å². The predicted molar refractivity (Wildman–Crippen MR) is 84.1 cm³/mol. The van der Waals surface area contributed by atoms with Gasteiger partial charge in [-0.3, -0.25) is 4.79 Å². The molecular weight excluding hydrogens is 339 g/mol. The van der Waals surface area contributed by atoms with Crippen LogP contribution >= 0.6 is 11.6 Å². The van der Waals surface area contributed by atoms with Gasteiger partial charge in [0.25, 0.3) is 0 Å². The first kappa shape index (κ1) is 16.2. The van der Waals surface area contributed by atoms with Crippen LogP contribution in [0.15, 0.2) is 44.1 Å². The zero-order chi connectivity index (χ0) is 17.1. The SMILES string of the molecule is O=C(CCc1cc(Cl)no1)NCc1cc(=O)oc2ccc(F)cc12. The number of fused-ring (bicyclic) bond motifs is 1. The Morgan fingerprint density at radius 3 is 2.88 bits per heavy atom. The minimum atomic E-state index is -0.561. The molecule has 0 spiro atoms. The lowest BCUT2D eigenvalue weighted by Crippen LogP contribution is -2.23. The molecule has 0 unspecified atom stereocenters. The number of hydrogen-bond donors (Lipinski definition) is 1. The van der Waals surface area contributed by atoms with E-state index >= 15 is 0 Å². The summed E-state index contributed by atoms with van der Waals surface area (Å²) in [6.07, 6.45) is 0.511. The molecule has 0 aliphatic rings. The molecule has 0 radical (unpaired) electrons. The van der Waals surface area contributed by atoms with Crippen LogP contribution in [0.1, 0.15) is 17.7 Å². The maximum absolute atomic E-state index is 13.4. The maximum atomic E-state index is 13.4. The van der Waals surface area contributed by atoms with Gasteiger partial charge in [0, 0.05) is 36.9 Å². The molecule has 1 amide bonds. The summed E-state index contributed by atoms with van der Waals surface area (Å²) in [7, 11) is 0. The van der Waals surface area contributed by atoms with Crippen molar-refractivity contribution in [3.8, 4) is 0 Å². The van der Waals surface area contributed by atoms with Gasteiger partial charge in [-0.2, -0.15) is 0 Å². The van der Waals surface area contributed by atoms with Crippen LogP contribution in [-0.4, -0.2) is 11.1 Å². The average molecular weight is 351 g/mol. The van der Waals surface area contributed by atoms with E-state index in [9.17, 15) is 14.0 Å². The van der Waals surface area contributed by atoms with Crippen molar-refractivity contribution in [3.05, 3.63) is 63.0 Å². The van der Waals surface area contributed by atoms with Crippen LogP contribution in [0, 0.1) is 5.82 Å². The van der Waals surface area contributed by atoms with E-state index in [4.69, 9.17) is 20.5 Å². The van der Waals surface area contributed by atoms with Crippen molar-refractivity contribution < 1.29 is 18.1 Å². The molecule has 0 atom stereocenters. The molecule has 0 bridgehead atoms. The summed E-state index contributed by atoms with van der Waals surface area (Å²) in [6, 6.07) is 6.61. The molecule has 1 N–H and O–H groups in total. The van der Waals surface area contributed by atoms with Gasteiger partial charge in [-0.1, -0.05) is 16.8 Å². The molecule has 24 heavy (non-hydrogen) atoms. The minimum Gasteiger partial charge on any atom is -0.423 e. The Labute approximate surface area is 140 Å². The van der Waals surface area contributed by atoms with Gasteiger partial charge < -0.3 is 14.3 Å². The normalized spacial score (nSPS) is 10.9. The number of rotatable bonds is 5. The number of aromatic nitrogens is 1. The summed E-state index contributed by atoms with van der Waals surface area (Å²) in [4.78, 5) is 23.4. The topological polar surface area (TPSA) is 85.3 Å². The second kappa shape index (κ2) is 6.84. The number of nitrogens with zero attached hydrogens (tertiary/aromatic N) is 1. The molecule has 8 heteroatoms. The Bertz CT molecular complexity index is 951. The molecule has 0 saturated heterocycles. The van der Waals surface area contributed by atoms with Crippen molar-refractivity contribution >= 4 is 28.5 Å². The first-order valence-electron chi connectivity index (χ1n) is 7.11. The molecule has 2 aromatic heterocycles. The molecule has 1 aromatic carbocycles. The van der Waals surface area contributed by atoms with Gasteiger partial charge in [-0.05, 0) is 23.8 Å². The Morgan fingerprint density at radius 2 is 2.12 bits per heavy atom. The highest BCUT2D eigenvalue weighted by atomic mass is 35.5. The highest BCUT2D eigenvalue weighted by Crippen LogP contribution is 2.18. The van der Waals surface area contributed by atoms with Gasteiger partial charge in [0.2, 0.25) is 5.91 Å². The predicted octanol–water partition coefficient (Wildman–Crippen LogP) is 2.82. The highest BCUT2D eigenvalue weighted by molar-refractivity contribution is 6.29. The van der Waals surface area contributed by atoms with Gasteiger partial charge >= 0.3 is 5.63 Å². The molecule has 0 saturated carbocycles. The highest BCUT2D eigenvalue weighted by Gasteiger charge is 2.10. The summed E-state index contributed by atoms with van der Waals surface area (Å²) in [5.74, 6) is -0.200. The molecule has 6 nitrogen and oxygen atoms in total. The number of hydrogen-bond acceptors (Lipinski definition) is 5. The Kier molecular flexibility index (Phi) is 4.61. The van der Waals surface area contributed by atoms with Gasteiger partial charge in [0.05, 0.1) is 0 Å². The molecule has 0 aliphatic carbocycles. The molecule has 0 aliphatic heterocycles. The average Bonchev–Trinajstić information content (AvgIpc) is 2.96. The standard InChI is InChI=1S/C16H12ClFN2O4/c17-14-7-11(24-20-14)2-4-15(21)19-8-9-5-16(22)23-13-3-1-10(18)6-12(9)13/h1,3,5-7H,2,4,8H2,(H,19,21). The summed E-state index contributed by atoms with van der Waals surface area (Å²) in [5.41, 5.74) is 0.191. The number of benzene rings is 1. The number of nitrogens with one attached hydrogen (secondary N) is 1. The third-order valence-corrected chi connectivity index (χ3v) is 3.57. The Morgan fingerprint density at radius 1 is 1.29 bits per heavy atom. The van der Waals surface area contributed by atoms with Crippen molar-refractivity contribution in [2.24, 2.45) is 0 Å². The van der Waals surface area contributed by atoms with E-state index in [1.165, 1.54) is 30.3 Å². The second-order valence-electron chi connectivity index (χ2n) is 5.12. The lowest BCUT2D eigenvalue weighted by Gasteiger charge is -2.07. The van der Waals surface area contributed by atoms with Gasteiger partial charge in [-0.25, -0.2) is 9.18 Å². The maximum Gasteiger partial charge on any atom is 0.336 e. The van der Waals surface area contributed by atoms with Crippen LogP contribution in [0.3, 0.4) is 0 Å². The van der Waals surface area contributed by atoms with E-state index in [2.05, 4.69) is 10.5 Å². The number of amides is 1.